The Morgan fingerprint density at radius 3 is 2.67 bits per heavy atom. The molecule has 0 amide bonds. The molecule has 1 saturated heterocycles. The van der Waals surface area contributed by atoms with Crippen LogP contribution in [0.2, 0.25) is 0 Å². The normalized spacial score (nSPS) is 24.5. The van der Waals surface area contributed by atoms with Crippen molar-refractivity contribution in [1.82, 2.24) is 15.1 Å². The van der Waals surface area contributed by atoms with Gasteiger partial charge in [-0.3, -0.25) is 4.68 Å². The van der Waals surface area contributed by atoms with E-state index in [1.807, 2.05) is 20.9 Å². The number of hydrogen-bond donors (Lipinski definition) is 2. The fourth-order valence-corrected chi connectivity index (χ4v) is 2.66. The molecular weight excluding hydrogens is 287 g/mol. The molecule has 2 rings (SSSR count). The van der Waals surface area contributed by atoms with Gasteiger partial charge in [0.15, 0.2) is 6.10 Å². The molecule has 21 heavy (non-hydrogen) atoms. The lowest BCUT2D eigenvalue weighted by atomic mass is 10.00. The lowest BCUT2D eigenvalue weighted by molar-refractivity contribution is -0.202. The fourth-order valence-electron chi connectivity index (χ4n) is 2.66. The third-order valence-electron chi connectivity index (χ3n) is 3.89. The van der Waals surface area contributed by atoms with E-state index in [1.165, 1.54) is 0 Å². The molecule has 8 heteroatoms. The van der Waals surface area contributed by atoms with E-state index in [1.54, 1.807) is 4.68 Å². The highest BCUT2D eigenvalue weighted by atomic mass is 19.4. The summed E-state index contributed by atoms with van der Waals surface area (Å²) in [5.41, 5.74) is 2.65. The van der Waals surface area contributed by atoms with E-state index in [9.17, 15) is 13.2 Å². The second-order valence-corrected chi connectivity index (χ2v) is 5.36. The zero-order chi connectivity index (χ0) is 15.8. The largest absolute Gasteiger partial charge is 0.415 e. The number of rotatable bonds is 4. The number of aliphatic hydroxyl groups is 1. The number of aliphatic hydroxyl groups excluding tert-OH is 1. The van der Waals surface area contributed by atoms with Gasteiger partial charge in [-0.2, -0.15) is 18.3 Å². The molecule has 0 aromatic carbocycles. The highest BCUT2D eigenvalue weighted by molar-refractivity contribution is 5.29. The van der Waals surface area contributed by atoms with Crippen LogP contribution < -0.4 is 5.32 Å². The van der Waals surface area contributed by atoms with E-state index in [0.29, 0.717) is 13.0 Å². The molecule has 1 fully saturated rings. The summed E-state index contributed by atoms with van der Waals surface area (Å²) >= 11 is 0. The maximum absolute atomic E-state index is 12.3. The van der Waals surface area contributed by atoms with Gasteiger partial charge < -0.3 is 15.2 Å². The molecule has 3 atom stereocenters. The molecule has 0 unspecified atom stereocenters. The topological polar surface area (TPSA) is 59.3 Å². The molecule has 5 nitrogen and oxygen atoms in total. The van der Waals surface area contributed by atoms with Crippen LogP contribution in [0, 0.1) is 13.8 Å². The van der Waals surface area contributed by atoms with E-state index in [4.69, 9.17) is 9.84 Å². The van der Waals surface area contributed by atoms with Crippen molar-refractivity contribution in [2.45, 2.75) is 44.7 Å². The van der Waals surface area contributed by atoms with Crippen LogP contribution in [0.15, 0.2) is 0 Å². The Kier molecular flexibility index (Phi) is 4.60. The van der Waals surface area contributed by atoms with Gasteiger partial charge in [0.25, 0.3) is 0 Å². The first-order valence-corrected chi connectivity index (χ1v) is 6.81. The highest BCUT2D eigenvalue weighted by Crippen LogP contribution is 2.33. The van der Waals surface area contributed by atoms with Gasteiger partial charge in [0.2, 0.25) is 0 Å². The van der Waals surface area contributed by atoms with Crippen LogP contribution >= 0.6 is 0 Å². The van der Waals surface area contributed by atoms with Crippen LogP contribution in [0.25, 0.3) is 0 Å². The summed E-state index contributed by atoms with van der Waals surface area (Å²) in [6.07, 6.45) is -6.71. The minimum atomic E-state index is -4.61. The molecule has 1 aromatic rings. The zero-order valence-electron chi connectivity index (χ0n) is 12.2. The molecule has 1 aromatic heterocycles. The molecule has 0 radical (unpaired) electrons. The number of aryl methyl sites for hydroxylation is 2. The number of aromatic nitrogens is 2. The Morgan fingerprint density at radius 1 is 1.48 bits per heavy atom. The summed E-state index contributed by atoms with van der Waals surface area (Å²) in [6, 6.07) is -0.261. The molecule has 2 N–H and O–H groups in total. The third-order valence-corrected chi connectivity index (χ3v) is 3.89. The molecule has 120 valence electrons. The SMILES string of the molecule is Cc1nn(C)c(C)c1[C@H]1OCC[C@@H]1NC[C@@H](O)C(F)(F)F. The number of nitrogens with one attached hydrogen (secondary N) is 1. The minimum absolute atomic E-state index is 0.261. The van der Waals surface area contributed by atoms with Crippen molar-refractivity contribution in [3.05, 3.63) is 17.0 Å². The molecule has 1 aliphatic rings. The average Bonchev–Trinajstić information content (AvgIpc) is 2.91. The summed E-state index contributed by atoms with van der Waals surface area (Å²) in [7, 11) is 1.82. The van der Waals surface area contributed by atoms with Crippen LogP contribution in [-0.2, 0) is 11.8 Å². The first kappa shape index (κ1) is 16.3. The van der Waals surface area contributed by atoms with Gasteiger partial charge in [-0.25, -0.2) is 0 Å². The summed E-state index contributed by atoms with van der Waals surface area (Å²) in [4.78, 5) is 0. The predicted molar refractivity (Wildman–Crippen MR) is 69.8 cm³/mol. The second kappa shape index (κ2) is 5.94. The van der Waals surface area contributed by atoms with E-state index in [2.05, 4.69) is 10.4 Å². The summed E-state index contributed by atoms with van der Waals surface area (Å²) in [5, 5.41) is 16.1. The van der Waals surface area contributed by atoms with Gasteiger partial charge >= 0.3 is 6.18 Å². The summed E-state index contributed by atoms with van der Waals surface area (Å²) in [6.45, 7) is 3.69. The zero-order valence-corrected chi connectivity index (χ0v) is 12.2. The van der Waals surface area contributed by atoms with Gasteiger partial charge in [-0.15, -0.1) is 0 Å². The molecule has 0 bridgehead atoms. The van der Waals surface area contributed by atoms with Crippen LogP contribution in [-0.4, -0.2) is 46.4 Å². The van der Waals surface area contributed by atoms with E-state index >= 15 is 0 Å². The van der Waals surface area contributed by atoms with E-state index in [-0.39, 0.29) is 12.1 Å². The molecular formula is C13H20F3N3O2. The maximum Gasteiger partial charge on any atom is 0.415 e. The average molecular weight is 307 g/mol. The number of halogens is 3. The first-order chi connectivity index (χ1) is 9.71. The maximum atomic E-state index is 12.3. The Balaban J connectivity index is 2.07. The first-order valence-electron chi connectivity index (χ1n) is 6.81. The van der Waals surface area contributed by atoms with Crippen molar-refractivity contribution in [3.63, 3.8) is 0 Å². The number of alkyl halides is 3. The Bertz CT molecular complexity index is 502. The minimum Gasteiger partial charge on any atom is -0.382 e. The van der Waals surface area contributed by atoms with Crippen LogP contribution in [0.1, 0.15) is 29.5 Å². The molecule has 2 heterocycles. The molecule has 0 saturated carbocycles. The van der Waals surface area contributed by atoms with Crippen molar-refractivity contribution >= 4 is 0 Å². The Morgan fingerprint density at radius 2 is 2.14 bits per heavy atom. The Hall–Kier alpha value is -1.12. The Labute approximate surface area is 121 Å². The van der Waals surface area contributed by atoms with E-state index in [0.717, 1.165) is 17.0 Å². The number of ether oxygens (including phenoxy) is 1. The van der Waals surface area contributed by atoms with Crippen molar-refractivity contribution in [1.29, 1.82) is 0 Å². The van der Waals surface area contributed by atoms with Crippen LogP contribution in [0.4, 0.5) is 13.2 Å². The summed E-state index contributed by atoms with van der Waals surface area (Å²) in [5.74, 6) is 0. The smallest absolute Gasteiger partial charge is 0.382 e. The van der Waals surface area contributed by atoms with Gasteiger partial charge in [0.1, 0.15) is 6.10 Å². The lowest BCUT2D eigenvalue weighted by Gasteiger charge is -2.23. The second-order valence-electron chi connectivity index (χ2n) is 5.36. The fraction of sp³-hybridized carbons (Fsp3) is 0.769. The van der Waals surface area contributed by atoms with Crippen molar-refractivity contribution < 1.29 is 23.0 Å². The van der Waals surface area contributed by atoms with Gasteiger partial charge in [0, 0.05) is 37.5 Å². The number of nitrogens with zero attached hydrogens (tertiary/aromatic N) is 2. The van der Waals surface area contributed by atoms with Gasteiger partial charge in [-0.05, 0) is 20.3 Å². The predicted octanol–water partition coefficient (Wildman–Crippen LogP) is 1.38. The van der Waals surface area contributed by atoms with Crippen molar-refractivity contribution in [2.24, 2.45) is 7.05 Å². The highest BCUT2D eigenvalue weighted by Gasteiger charge is 2.40. The lowest BCUT2D eigenvalue weighted by Crippen LogP contribution is -2.43. The van der Waals surface area contributed by atoms with Gasteiger partial charge in [0.05, 0.1) is 5.69 Å². The quantitative estimate of drug-likeness (QED) is 0.882. The molecule has 0 spiro atoms. The molecule has 0 aliphatic carbocycles. The summed E-state index contributed by atoms with van der Waals surface area (Å²) < 4.78 is 44.4. The third kappa shape index (κ3) is 3.38. The van der Waals surface area contributed by atoms with Gasteiger partial charge in [-0.1, -0.05) is 0 Å². The van der Waals surface area contributed by atoms with Crippen molar-refractivity contribution in [2.75, 3.05) is 13.2 Å². The van der Waals surface area contributed by atoms with E-state index < -0.39 is 18.8 Å². The monoisotopic (exact) mass is 307 g/mol. The van der Waals surface area contributed by atoms with Crippen LogP contribution in [0.3, 0.4) is 0 Å². The standard InChI is InChI=1S/C13H20F3N3O2/c1-7-11(8(2)19(3)18-7)12-9(4-5-21-12)17-6-10(20)13(14,15)16/h9-10,12,17,20H,4-6H2,1-3H3/t9-,10+,12-/m0/s1. The van der Waals surface area contributed by atoms with Crippen molar-refractivity contribution in [3.8, 4) is 0 Å². The van der Waals surface area contributed by atoms with Crippen LogP contribution in [0.5, 0.6) is 0 Å². The number of hydrogen-bond acceptors (Lipinski definition) is 4. The molecule has 1 aliphatic heterocycles.